The van der Waals surface area contributed by atoms with E-state index in [1.165, 1.54) is 18.7 Å². The molecule has 1 aromatic carbocycles. The molecule has 2 aliphatic rings. The fourth-order valence-corrected chi connectivity index (χ4v) is 3.18. The zero-order valence-corrected chi connectivity index (χ0v) is 14.2. The lowest BCUT2D eigenvalue weighted by Crippen LogP contribution is -2.56. The molecule has 0 saturated heterocycles. The van der Waals surface area contributed by atoms with Crippen LogP contribution in [0.4, 0.5) is 5.69 Å². The first-order chi connectivity index (χ1) is 11.9. The largest absolute Gasteiger partial charge is 0.464 e. The van der Waals surface area contributed by atoms with Gasteiger partial charge in [-0.3, -0.25) is 14.5 Å². The van der Waals surface area contributed by atoms with Crippen LogP contribution in [-0.2, 0) is 30.3 Å². The van der Waals surface area contributed by atoms with Gasteiger partial charge in [-0.15, -0.1) is 0 Å². The van der Waals surface area contributed by atoms with Crippen molar-refractivity contribution < 1.29 is 33.3 Å². The first kappa shape index (κ1) is 17.1. The highest BCUT2D eigenvalue weighted by molar-refractivity contribution is 6.00. The summed E-state index contributed by atoms with van der Waals surface area (Å²) >= 11 is 0. The number of hydrogen-bond donors (Lipinski definition) is 0. The third kappa shape index (κ3) is 3.11. The molecule has 8 nitrogen and oxygen atoms in total. The first-order valence-corrected chi connectivity index (χ1v) is 7.98. The van der Waals surface area contributed by atoms with Crippen molar-refractivity contribution in [3.63, 3.8) is 0 Å². The van der Waals surface area contributed by atoms with E-state index in [-0.39, 0.29) is 25.7 Å². The molecule has 2 atom stereocenters. The third-order valence-electron chi connectivity index (χ3n) is 4.07. The average Bonchev–Trinajstić information content (AvgIpc) is 2.98. The van der Waals surface area contributed by atoms with Crippen LogP contribution >= 0.6 is 0 Å². The molecule has 0 fully saturated rings. The van der Waals surface area contributed by atoms with Crippen LogP contribution in [0.1, 0.15) is 26.3 Å². The molecule has 0 radical (unpaired) electrons. The van der Waals surface area contributed by atoms with E-state index in [9.17, 15) is 14.4 Å². The van der Waals surface area contributed by atoms with Crippen LogP contribution in [0.25, 0.3) is 0 Å². The van der Waals surface area contributed by atoms with Crippen molar-refractivity contribution in [2.45, 2.75) is 39.3 Å². The molecule has 0 saturated carbocycles. The molecule has 0 spiro atoms. The molecular formula is C17H19NO7. The van der Waals surface area contributed by atoms with Crippen LogP contribution < -0.4 is 14.4 Å². The van der Waals surface area contributed by atoms with Crippen LogP contribution in [0.15, 0.2) is 12.1 Å². The molecule has 0 aliphatic carbocycles. The standard InChI is InChI=1S/C17H19NO7/c1-4-22-17(21)16-15(25-10(3)20)6-11-5-13-14(24-8-23-13)7-12(11)18(16)9(2)19/h5,7,15-16H,4,6,8H2,1-3H3/t15-,16-/m0/s1. The Morgan fingerprint density at radius 2 is 1.88 bits per heavy atom. The molecule has 8 heteroatoms. The summed E-state index contributed by atoms with van der Waals surface area (Å²) in [5, 5.41) is 0. The van der Waals surface area contributed by atoms with E-state index < -0.39 is 24.1 Å². The Morgan fingerprint density at radius 1 is 1.20 bits per heavy atom. The fraction of sp³-hybridized carbons (Fsp3) is 0.471. The van der Waals surface area contributed by atoms with E-state index in [1.54, 1.807) is 19.1 Å². The number of benzene rings is 1. The second kappa shape index (κ2) is 6.62. The van der Waals surface area contributed by atoms with Crippen molar-refractivity contribution in [1.82, 2.24) is 0 Å². The number of esters is 2. The quantitative estimate of drug-likeness (QED) is 0.757. The third-order valence-corrected chi connectivity index (χ3v) is 4.07. The topological polar surface area (TPSA) is 91.4 Å². The molecule has 0 aromatic heterocycles. The van der Waals surface area contributed by atoms with Crippen LogP contribution in [-0.4, -0.2) is 43.4 Å². The Morgan fingerprint density at radius 3 is 2.48 bits per heavy atom. The molecule has 3 rings (SSSR count). The lowest BCUT2D eigenvalue weighted by molar-refractivity contribution is -0.157. The van der Waals surface area contributed by atoms with E-state index in [1.807, 2.05) is 0 Å². The normalized spacial score (nSPS) is 20.7. The van der Waals surface area contributed by atoms with Gasteiger partial charge >= 0.3 is 11.9 Å². The summed E-state index contributed by atoms with van der Waals surface area (Å²) in [6.45, 7) is 4.52. The van der Waals surface area contributed by atoms with Gasteiger partial charge in [-0.25, -0.2) is 4.79 Å². The van der Waals surface area contributed by atoms with Gasteiger partial charge in [0.05, 0.1) is 12.3 Å². The van der Waals surface area contributed by atoms with Crippen LogP contribution in [0, 0.1) is 0 Å². The number of fused-ring (bicyclic) bond motifs is 2. The predicted octanol–water partition coefficient (Wildman–Crippen LogP) is 1.19. The van der Waals surface area contributed by atoms with Gasteiger partial charge in [-0.1, -0.05) is 0 Å². The number of hydrogen-bond acceptors (Lipinski definition) is 7. The van der Waals surface area contributed by atoms with Crippen LogP contribution in [0.3, 0.4) is 0 Å². The van der Waals surface area contributed by atoms with Crippen molar-refractivity contribution >= 4 is 23.5 Å². The summed E-state index contributed by atoms with van der Waals surface area (Å²) in [4.78, 5) is 37.6. The highest BCUT2D eigenvalue weighted by Gasteiger charge is 2.44. The maximum absolute atomic E-state index is 12.5. The average molecular weight is 349 g/mol. The number of carbonyl (C=O) groups is 3. The van der Waals surface area contributed by atoms with Gasteiger partial charge in [0.2, 0.25) is 12.7 Å². The molecule has 25 heavy (non-hydrogen) atoms. The minimum atomic E-state index is -1.05. The van der Waals surface area contributed by atoms with Crippen molar-refractivity contribution in [1.29, 1.82) is 0 Å². The molecule has 2 aliphatic heterocycles. The molecule has 1 amide bonds. The number of carbonyl (C=O) groups excluding carboxylic acids is 3. The second-order valence-electron chi connectivity index (χ2n) is 5.77. The lowest BCUT2D eigenvalue weighted by atomic mass is 9.92. The number of nitrogens with zero attached hydrogens (tertiary/aromatic N) is 1. The van der Waals surface area contributed by atoms with Crippen molar-refractivity contribution in [3.05, 3.63) is 17.7 Å². The van der Waals surface area contributed by atoms with Gasteiger partial charge in [0.1, 0.15) is 6.10 Å². The minimum Gasteiger partial charge on any atom is -0.464 e. The Hall–Kier alpha value is -2.77. The smallest absolute Gasteiger partial charge is 0.333 e. The van der Waals surface area contributed by atoms with E-state index in [0.29, 0.717) is 17.2 Å². The predicted molar refractivity (Wildman–Crippen MR) is 85.4 cm³/mol. The molecule has 0 unspecified atom stereocenters. The zero-order chi connectivity index (χ0) is 18.1. The summed E-state index contributed by atoms with van der Waals surface area (Å²) in [7, 11) is 0. The van der Waals surface area contributed by atoms with Gasteiger partial charge in [0.25, 0.3) is 0 Å². The summed E-state index contributed by atoms with van der Waals surface area (Å²) < 4.78 is 21.2. The SMILES string of the molecule is CCOC(=O)[C@@H]1[C@@H](OC(C)=O)Cc2cc3c(cc2N1C(C)=O)OCO3. The van der Waals surface area contributed by atoms with Gasteiger partial charge in [-0.05, 0) is 18.6 Å². The number of rotatable bonds is 3. The van der Waals surface area contributed by atoms with Gasteiger partial charge in [0, 0.05) is 26.3 Å². The summed E-state index contributed by atoms with van der Waals surface area (Å²) in [6.07, 6.45) is -0.577. The Balaban J connectivity index is 2.09. The molecule has 0 N–H and O–H groups in total. The molecule has 0 bridgehead atoms. The fourth-order valence-electron chi connectivity index (χ4n) is 3.18. The minimum absolute atomic E-state index is 0.0903. The molecule has 134 valence electrons. The summed E-state index contributed by atoms with van der Waals surface area (Å²) in [6, 6.07) is 2.36. The molecule has 1 aromatic rings. The molecular weight excluding hydrogens is 330 g/mol. The van der Waals surface area contributed by atoms with Crippen molar-refractivity contribution in [2.24, 2.45) is 0 Å². The summed E-state index contributed by atoms with van der Waals surface area (Å²) in [5.41, 5.74) is 1.25. The van der Waals surface area contributed by atoms with E-state index in [4.69, 9.17) is 18.9 Å². The lowest BCUT2D eigenvalue weighted by Gasteiger charge is -2.39. The van der Waals surface area contributed by atoms with Gasteiger partial charge in [0.15, 0.2) is 17.5 Å². The Labute approximate surface area is 144 Å². The Kier molecular flexibility index (Phi) is 4.52. The highest BCUT2D eigenvalue weighted by Crippen LogP contribution is 2.42. The number of ether oxygens (including phenoxy) is 4. The van der Waals surface area contributed by atoms with E-state index >= 15 is 0 Å². The van der Waals surface area contributed by atoms with Crippen molar-refractivity contribution in [3.8, 4) is 11.5 Å². The van der Waals surface area contributed by atoms with Gasteiger partial charge in [-0.2, -0.15) is 0 Å². The number of amides is 1. The monoisotopic (exact) mass is 349 g/mol. The van der Waals surface area contributed by atoms with Gasteiger partial charge < -0.3 is 18.9 Å². The maximum Gasteiger partial charge on any atom is 0.333 e. The van der Waals surface area contributed by atoms with Crippen LogP contribution in [0.5, 0.6) is 11.5 Å². The zero-order valence-electron chi connectivity index (χ0n) is 14.2. The van der Waals surface area contributed by atoms with E-state index in [2.05, 4.69) is 0 Å². The second-order valence-corrected chi connectivity index (χ2v) is 5.77. The maximum atomic E-state index is 12.5. The van der Waals surface area contributed by atoms with E-state index in [0.717, 1.165) is 5.56 Å². The summed E-state index contributed by atoms with van der Waals surface area (Å²) in [5.74, 6) is -0.466. The van der Waals surface area contributed by atoms with Crippen LogP contribution in [0.2, 0.25) is 0 Å². The van der Waals surface area contributed by atoms with Crippen molar-refractivity contribution in [2.75, 3.05) is 18.3 Å². The molecule has 2 heterocycles. The first-order valence-electron chi connectivity index (χ1n) is 7.98. The highest BCUT2D eigenvalue weighted by atomic mass is 16.7. The number of anilines is 1. The Bertz CT molecular complexity index is 730.